The van der Waals surface area contributed by atoms with E-state index in [0.29, 0.717) is 54.3 Å². The van der Waals surface area contributed by atoms with Gasteiger partial charge in [0.1, 0.15) is 11.6 Å². The topological polar surface area (TPSA) is 124 Å². The Hall–Kier alpha value is -4.29. The number of rotatable bonds is 9. The largest absolute Gasteiger partial charge is 0.369 e. The molecule has 2 heterocycles. The maximum atomic E-state index is 13.6. The minimum atomic E-state index is -0.594. The molecule has 9 heteroatoms. The molecule has 2 atom stereocenters. The van der Waals surface area contributed by atoms with Gasteiger partial charge >= 0.3 is 0 Å². The third-order valence-corrected chi connectivity index (χ3v) is 6.86. The first kappa shape index (κ1) is 27.7. The van der Waals surface area contributed by atoms with E-state index in [0.717, 1.165) is 24.8 Å². The SMILES string of the molecule is C[C@H](N)C(=O)N1CCCC[C@@H]1CNC(=O)c1ccc(-c2ccccc2C#N)nc1NCCc1cccc(F)c1. The van der Waals surface area contributed by atoms with Crippen LogP contribution in [0.4, 0.5) is 10.2 Å². The molecule has 2 aromatic carbocycles. The van der Waals surface area contributed by atoms with E-state index in [-0.39, 0.29) is 23.7 Å². The second-order valence-electron chi connectivity index (χ2n) is 9.74. The summed E-state index contributed by atoms with van der Waals surface area (Å²) < 4.78 is 13.6. The number of hydrogen-bond acceptors (Lipinski definition) is 6. The van der Waals surface area contributed by atoms with E-state index in [1.807, 2.05) is 18.2 Å². The van der Waals surface area contributed by atoms with Crippen LogP contribution in [0.15, 0.2) is 60.7 Å². The first-order valence-electron chi connectivity index (χ1n) is 13.2. The van der Waals surface area contributed by atoms with Crippen molar-refractivity contribution in [1.82, 2.24) is 15.2 Å². The molecule has 0 bridgehead atoms. The van der Waals surface area contributed by atoms with E-state index in [1.165, 1.54) is 12.1 Å². The van der Waals surface area contributed by atoms with Gasteiger partial charge in [-0.3, -0.25) is 9.59 Å². The average molecular weight is 529 g/mol. The number of carbonyl (C=O) groups excluding carboxylic acids is 2. The second kappa shape index (κ2) is 13.0. The van der Waals surface area contributed by atoms with Crippen molar-refractivity contribution >= 4 is 17.6 Å². The third-order valence-electron chi connectivity index (χ3n) is 6.86. The lowest BCUT2D eigenvalue weighted by molar-refractivity contribution is -0.135. The lowest BCUT2D eigenvalue weighted by Gasteiger charge is -2.36. The number of piperidine rings is 1. The van der Waals surface area contributed by atoms with E-state index in [1.54, 1.807) is 42.2 Å². The van der Waals surface area contributed by atoms with Gasteiger partial charge in [-0.2, -0.15) is 5.26 Å². The van der Waals surface area contributed by atoms with Crippen molar-refractivity contribution in [3.63, 3.8) is 0 Å². The van der Waals surface area contributed by atoms with Crippen LogP contribution in [0.1, 0.15) is 47.7 Å². The number of nitrogens with one attached hydrogen (secondary N) is 2. The summed E-state index contributed by atoms with van der Waals surface area (Å²) >= 11 is 0. The number of likely N-dealkylation sites (tertiary alicyclic amines) is 1. The fourth-order valence-corrected chi connectivity index (χ4v) is 4.82. The van der Waals surface area contributed by atoms with E-state index in [9.17, 15) is 19.2 Å². The Morgan fingerprint density at radius 2 is 2.00 bits per heavy atom. The lowest BCUT2D eigenvalue weighted by atomic mass is 10.0. The highest BCUT2D eigenvalue weighted by molar-refractivity contribution is 5.99. The molecule has 1 fully saturated rings. The van der Waals surface area contributed by atoms with Crippen LogP contribution in [0.2, 0.25) is 0 Å². The summed E-state index contributed by atoms with van der Waals surface area (Å²) in [5.41, 5.74) is 8.69. The van der Waals surface area contributed by atoms with Gasteiger partial charge in [-0.05, 0) is 68.5 Å². The molecule has 2 amide bonds. The fourth-order valence-electron chi connectivity index (χ4n) is 4.82. The minimum Gasteiger partial charge on any atom is -0.369 e. The summed E-state index contributed by atoms with van der Waals surface area (Å²) in [5.74, 6) is -0.383. The average Bonchev–Trinajstić information content (AvgIpc) is 2.95. The van der Waals surface area contributed by atoms with Crippen molar-refractivity contribution < 1.29 is 14.0 Å². The first-order valence-corrected chi connectivity index (χ1v) is 13.2. The van der Waals surface area contributed by atoms with Crippen molar-refractivity contribution in [3.8, 4) is 17.3 Å². The Labute approximate surface area is 228 Å². The van der Waals surface area contributed by atoms with Gasteiger partial charge in [0, 0.05) is 31.2 Å². The Morgan fingerprint density at radius 3 is 2.77 bits per heavy atom. The van der Waals surface area contributed by atoms with Crippen LogP contribution >= 0.6 is 0 Å². The van der Waals surface area contributed by atoms with Crippen LogP contribution in [0.3, 0.4) is 0 Å². The van der Waals surface area contributed by atoms with Crippen LogP contribution in [0, 0.1) is 17.1 Å². The van der Waals surface area contributed by atoms with E-state index in [4.69, 9.17) is 10.7 Å². The van der Waals surface area contributed by atoms with Crippen LogP contribution in [0.25, 0.3) is 11.3 Å². The molecule has 1 aromatic heterocycles. The third kappa shape index (κ3) is 6.98. The quantitative estimate of drug-likeness (QED) is 0.387. The summed E-state index contributed by atoms with van der Waals surface area (Å²) in [6, 6.07) is 18.4. The number of nitriles is 1. The van der Waals surface area contributed by atoms with Crippen molar-refractivity contribution in [2.24, 2.45) is 5.73 Å². The number of halogens is 1. The molecule has 1 aliphatic rings. The van der Waals surface area contributed by atoms with Gasteiger partial charge in [0.25, 0.3) is 5.91 Å². The van der Waals surface area contributed by atoms with Crippen LogP contribution in [-0.4, -0.2) is 53.4 Å². The van der Waals surface area contributed by atoms with E-state index in [2.05, 4.69) is 16.7 Å². The number of pyridine rings is 1. The number of anilines is 1. The monoisotopic (exact) mass is 528 g/mol. The van der Waals surface area contributed by atoms with Gasteiger partial charge in [0.15, 0.2) is 0 Å². The molecule has 4 rings (SSSR count). The van der Waals surface area contributed by atoms with Crippen LogP contribution < -0.4 is 16.4 Å². The second-order valence-corrected chi connectivity index (χ2v) is 9.74. The highest BCUT2D eigenvalue weighted by atomic mass is 19.1. The van der Waals surface area contributed by atoms with Gasteiger partial charge in [0.05, 0.1) is 28.9 Å². The molecule has 202 valence electrons. The maximum absolute atomic E-state index is 13.6. The predicted molar refractivity (Wildman–Crippen MR) is 148 cm³/mol. The van der Waals surface area contributed by atoms with Crippen molar-refractivity contribution in [3.05, 3.63) is 83.2 Å². The summed E-state index contributed by atoms with van der Waals surface area (Å²) in [5, 5.41) is 15.8. The van der Waals surface area contributed by atoms with Gasteiger partial charge in [0.2, 0.25) is 5.91 Å². The summed E-state index contributed by atoms with van der Waals surface area (Å²) in [4.78, 5) is 32.4. The molecular weight excluding hydrogens is 495 g/mol. The smallest absolute Gasteiger partial charge is 0.255 e. The van der Waals surface area contributed by atoms with Gasteiger partial charge in [-0.25, -0.2) is 9.37 Å². The van der Waals surface area contributed by atoms with Gasteiger partial charge in [-0.1, -0.05) is 30.3 Å². The highest BCUT2D eigenvalue weighted by Gasteiger charge is 2.29. The Balaban J connectivity index is 1.55. The van der Waals surface area contributed by atoms with Crippen LogP contribution in [-0.2, 0) is 11.2 Å². The molecule has 3 aromatic rings. The Morgan fingerprint density at radius 1 is 1.18 bits per heavy atom. The molecule has 4 N–H and O–H groups in total. The number of amides is 2. The molecule has 1 saturated heterocycles. The molecule has 0 radical (unpaired) electrons. The number of hydrogen-bond donors (Lipinski definition) is 3. The minimum absolute atomic E-state index is 0.115. The number of benzene rings is 2. The predicted octanol–water partition coefficient (Wildman–Crippen LogP) is 3.87. The summed E-state index contributed by atoms with van der Waals surface area (Å²) in [7, 11) is 0. The Bertz CT molecular complexity index is 1370. The van der Waals surface area contributed by atoms with Crippen LogP contribution in [0.5, 0.6) is 0 Å². The molecular formula is C30H33FN6O2. The number of nitrogens with zero attached hydrogens (tertiary/aromatic N) is 3. The molecule has 8 nitrogen and oxygen atoms in total. The van der Waals surface area contributed by atoms with Crippen molar-refractivity contribution in [1.29, 1.82) is 5.26 Å². The van der Waals surface area contributed by atoms with E-state index < -0.39 is 6.04 Å². The molecule has 1 aliphatic heterocycles. The zero-order valence-corrected chi connectivity index (χ0v) is 22.0. The normalized spacial score (nSPS) is 15.7. The Kier molecular flexibility index (Phi) is 9.23. The van der Waals surface area contributed by atoms with Crippen molar-refractivity contribution in [2.75, 3.05) is 25.0 Å². The van der Waals surface area contributed by atoms with Gasteiger partial charge < -0.3 is 21.3 Å². The maximum Gasteiger partial charge on any atom is 0.255 e. The number of aromatic nitrogens is 1. The molecule has 0 spiro atoms. The summed E-state index contributed by atoms with van der Waals surface area (Å²) in [6.45, 7) is 3.02. The fraction of sp³-hybridized carbons (Fsp3) is 0.333. The highest BCUT2D eigenvalue weighted by Crippen LogP contribution is 2.25. The van der Waals surface area contributed by atoms with E-state index >= 15 is 0 Å². The van der Waals surface area contributed by atoms with Crippen molar-refractivity contribution in [2.45, 2.75) is 44.7 Å². The first-order chi connectivity index (χ1) is 18.9. The summed E-state index contributed by atoms with van der Waals surface area (Å²) in [6.07, 6.45) is 3.21. The molecule has 39 heavy (non-hydrogen) atoms. The zero-order chi connectivity index (χ0) is 27.8. The van der Waals surface area contributed by atoms with Gasteiger partial charge in [-0.15, -0.1) is 0 Å². The molecule has 0 saturated carbocycles. The number of nitrogens with two attached hydrogens (primary N) is 1. The molecule has 0 unspecified atom stereocenters. The lowest BCUT2D eigenvalue weighted by Crippen LogP contribution is -2.53. The number of carbonyl (C=O) groups is 2. The molecule has 0 aliphatic carbocycles. The zero-order valence-electron chi connectivity index (χ0n) is 22.0. The standard InChI is InChI=1S/C30H33FN6O2/c1-20(33)30(39)37-16-5-4-10-24(37)19-35-29(38)26-12-13-27(25-11-3-2-8-22(25)18-32)36-28(26)34-15-14-21-7-6-9-23(31)17-21/h2-3,6-9,11-13,17,20,24H,4-5,10,14-16,19,33H2,1H3,(H,34,36)(H,35,38)/t20-,24+/m0/s1.